The van der Waals surface area contributed by atoms with E-state index in [1.807, 2.05) is 6.08 Å². The second kappa shape index (κ2) is 2.36. The van der Waals surface area contributed by atoms with Gasteiger partial charge in [-0.05, 0) is 18.4 Å². The van der Waals surface area contributed by atoms with Crippen LogP contribution in [0.2, 0.25) is 0 Å². The molecule has 1 unspecified atom stereocenters. The Kier molecular flexibility index (Phi) is 1.48. The number of ether oxygens (including phenoxy) is 1. The second-order valence-electron chi connectivity index (χ2n) is 3.46. The van der Waals surface area contributed by atoms with Crippen molar-refractivity contribution in [3.05, 3.63) is 12.2 Å². The quantitative estimate of drug-likeness (QED) is 0.388. The van der Waals surface area contributed by atoms with Gasteiger partial charge in [0.2, 0.25) is 0 Å². The summed E-state index contributed by atoms with van der Waals surface area (Å²) in [7, 11) is 0. The van der Waals surface area contributed by atoms with E-state index in [9.17, 15) is 4.79 Å². The molecule has 11 heavy (non-hydrogen) atoms. The van der Waals surface area contributed by atoms with Gasteiger partial charge in [0.15, 0.2) is 0 Å². The van der Waals surface area contributed by atoms with E-state index in [-0.39, 0.29) is 12.1 Å². The smallest absolute Gasteiger partial charge is 0.306 e. The zero-order chi connectivity index (χ0) is 7.84. The molecule has 1 aliphatic carbocycles. The van der Waals surface area contributed by atoms with Crippen molar-refractivity contribution in [1.82, 2.24) is 0 Å². The predicted octanol–water partition coefficient (Wildman–Crippen LogP) is 1.51. The summed E-state index contributed by atoms with van der Waals surface area (Å²) < 4.78 is 5.11. The maximum absolute atomic E-state index is 10.9. The minimum absolute atomic E-state index is 0.0293. The van der Waals surface area contributed by atoms with Gasteiger partial charge in [-0.1, -0.05) is 13.0 Å². The molecule has 0 aromatic carbocycles. The van der Waals surface area contributed by atoms with Crippen LogP contribution in [0.1, 0.15) is 19.8 Å². The van der Waals surface area contributed by atoms with Gasteiger partial charge >= 0.3 is 5.97 Å². The van der Waals surface area contributed by atoms with E-state index in [0.29, 0.717) is 18.3 Å². The lowest BCUT2D eigenvalue weighted by atomic mass is 9.82. The van der Waals surface area contributed by atoms with Gasteiger partial charge in [-0.25, -0.2) is 0 Å². The Morgan fingerprint density at radius 1 is 1.64 bits per heavy atom. The monoisotopic (exact) mass is 152 g/mol. The maximum Gasteiger partial charge on any atom is 0.306 e. The lowest BCUT2D eigenvalue weighted by Gasteiger charge is -2.23. The molecule has 0 aromatic heterocycles. The molecule has 2 rings (SSSR count). The van der Waals surface area contributed by atoms with Crippen LogP contribution in [0.25, 0.3) is 0 Å². The summed E-state index contributed by atoms with van der Waals surface area (Å²) in [5.74, 6) is 1.03. The molecule has 1 aliphatic heterocycles. The van der Waals surface area contributed by atoms with E-state index < -0.39 is 0 Å². The Morgan fingerprint density at radius 3 is 3.18 bits per heavy atom. The van der Waals surface area contributed by atoms with Crippen LogP contribution < -0.4 is 0 Å². The molecular weight excluding hydrogens is 140 g/mol. The van der Waals surface area contributed by atoms with E-state index in [2.05, 4.69) is 13.0 Å². The first-order chi connectivity index (χ1) is 5.27. The van der Waals surface area contributed by atoms with Crippen LogP contribution in [0.5, 0.6) is 0 Å². The zero-order valence-corrected chi connectivity index (χ0v) is 6.62. The molecule has 0 spiro atoms. The summed E-state index contributed by atoms with van der Waals surface area (Å²) >= 11 is 0. The third-order valence-corrected chi connectivity index (χ3v) is 2.66. The fourth-order valence-corrected chi connectivity index (χ4v) is 1.91. The number of allylic oxidation sites excluding steroid dienone is 1. The van der Waals surface area contributed by atoms with Crippen molar-refractivity contribution in [2.24, 2.45) is 11.8 Å². The lowest BCUT2D eigenvalue weighted by molar-refractivity contribution is -0.140. The van der Waals surface area contributed by atoms with Crippen molar-refractivity contribution in [3.8, 4) is 0 Å². The number of carbonyl (C=O) groups excluding carboxylic acids is 1. The summed E-state index contributed by atoms with van der Waals surface area (Å²) in [4.78, 5) is 10.9. The average molecular weight is 152 g/mol. The largest absolute Gasteiger partial charge is 0.458 e. The molecular formula is C9H12O2. The number of fused-ring (bicyclic) bond motifs is 1. The van der Waals surface area contributed by atoms with Gasteiger partial charge in [0, 0.05) is 5.92 Å². The Morgan fingerprint density at radius 2 is 2.45 bits per heavy atom. The molecule has 2 heteroatoms. The number of hydrogen-bond donors (Lipinski definition) is 0. The molecule has 0 amide bonds. The number of hydrogen-bond acceptors (Lipinski definition) is 2. The highest BCUT2D eigenvalue weighted by Gasteiger charge is 2.37. The Bertz CT molecular complexity index is 208. The Labute approximate surface area is 66.2 Å². The zero-order valence-electron chi connectivity index (χ0n) is 6.62. The van der Waals surface area contributed by atoms with Crippen molar-refractivity contribution in [3.63, 3.8) is 0 Å². The van der Waals surface area contributed by atoms with Crippen LogP contribution >= 0.6 is 0 Å². The SMILES string of the molecule is C[C@H]1CC=CC2OC(=O)C[C@H]21. The van der Waals surface area contributed by atoms with Crippen LogP contribution in [0.3, 0.4) is 0 Å². The first kappa shape index (κ1) is 6.89. The summed E-state index contributed by atoms with van der Waals surface area (Å²) in [5, 5.41) is 0. The van der Waals surface area contributed by atoms with E-state index in [1.54, 1.807) is 0 Å². The first-order valence-electron chi connectivity index (χ1n) is 4.13. The van der Waals surface area contributed by atoms with Crippen LogP contribution in [0, 0.1) is 11.8 Å². The van der Waals surface area contributed by atoms with E-state index >= 15 is 0 Å². The molecule has 0 N–H and O–H groups in total. The highest BCUT2D eigenvalue weighted by molar-refractivity contribution is 5.72. The Balaban J connectivity index is 2.19. The lowest BCUT2D eigenvalue weighted by Crippen LogP contribution is -2.23. The maximum atomic E-state index is 10.9. The van der Waals surface area contributed by atoms with Crippen molar-refractivity contribution in [1.29, 1.82) is 0 Å². The second-order valence-corrected chi connectivity index (χ2v) is 3.46. The van der Waals surface area contributed by atoms with Crippen molar-refractivity contribution >= 4 is 5.97 Å². The summed E-state index contributed by atoms with van der Waals surface area (Å²) in [6.45, 7) is 2.18. The van der Waals surface area contributed by atoms with Gasteiger partial charge in [0.25, 0.3) is 0 Å². The molecule has 1 saturated heterocycles. The van der Waals surface area contributed by atoms with Crippen molar-refractivity contribution < 1.29 is 9.53 Å². The molecule has 3 atom stereocenters. The molecule has 1 fully saturated rings. The number of carbonyl (C=O) groups is 1. The highest BCUT2D eigenvalue weighted by Crippen LogP contribution is 2.34. The minimum Gasteiger partial charge on any atom is -0.458 e. The van der Waals surface area contributed by atoms with Crippen molar-refractivity contribution in [2.45, 2.75) is 25.9 Å². The summed E-state index contributed by atoms with van der Waals surface area (Å²) in [6, 6.07) is 0. The van der Waals surface area contributed by atoms with Gasteiger partial charge < -0.3 is 4.74 Å². The molecule has 2 aliphatic rings. The third kappa shape index (κ3) is 1.06. The summed E-state index contributed by atoms with van der Waals surface area (Å²) in [6.07, 6.45) is 5.94. The fourth-order valence-electron chi connectivity index (χ4n) is 1.91. The van der Waals surface area contributed by atoms with Gasteiger partial charge in [0.1, 0.15) is 6.10 Å². The highest BCUT2D eigenvalue weighted by atomic mass is 16.5. The van der Waals surface area contributed by atoms with Crippen LogP contribution in [0.4, 0.5) is 0 Å². The summed E-state index contributed by atoms with van der Waals surface area (Å²) in [5.41, 5.74) is 0. The van der Waals surface area contributed by atoms with Gasteiger partial charge in [-0.2, -0.15) is 0 Å². The van der Waals surface area contributed by atoms with Crippen LogP contribution in [-0.2, 0) is 9.53 Å². The van der Waals surface area contributed by atoms with E-state index in [0.717, 1.165) is 6.42 Å². The van der Waals surface area contributed by atoms with E-state index in [4.69, 9.17) is 4.74 Å². The Hall–Kier alpha value is -0.790. The standard InChI is InChI=1S/C9H12O2/c1-6-3-2-4-8-7(6)5-9(10)11-8/h2,4,6-8H,3,5H2,1H3/t6-,7-,8?/m0/s1. The van der Waals surface area contributed by atoms with Crippen molar-refractivity contribution in [2.75, 3.05) is 0 Å². The third-order valence-electron chi connectivity index (χ3n) is 2.66. The molecule has 2 nitrogen and oxygen atoms in total. The molecule has 0 radical (unpaired) electrons. The number of rotatable bonds is 0. The normalized spacial score (nSPS) is 41.9. The molecule has 0 saturated carbocycles. The van der Waals surface area contributed by atoms with Crippen LogP contribution in [0.15, 0.2) is 12.2 Å². The minimum atomic E-state index is -0.0293. The fraction of sp³-hybridized carbons (Fsp3) is 0.667. The van der Waals surface area contributed by atoms with Crippen LogP contribution in [-0.4, -0.2) is 12.1 Å². The molecule has 1 heterocycles. The average Bonchev–Trinajstić information content (AvgIpc) is 2.31. The number of esters is 1. The predicted molar refractivity (Wildman–Crippen MR) is 40.9 cm³/mol. The molecule has 0 bridgehead atoms. The van der Waals surface area contributed by atoms with Gasteiger partial charge in [-0.15, -0.1) is 0 Å². The molecule has 0 aromatic rings. The topological polar surface area (TPSA) is 26.3 Å². The van der Waals surface area contributed by atoms with E-state index in [1.165, 1.54) is 0 Å². The van der Waals surface area contributed by atoms with Gasteiger partial charge in [-0.3, -0.25) is 4.79 Å². The molecule has 60 valence electrons. The first-order valence-corrected chi connectivity index (χ1v) is 4.13. The van der Waals surface area contributed by atoms with Gasteiger partial charge in [0.05, 0.1) is 6.42 Å².